The maximum atomic E-state index is 13.5. The molecule has 2 fully saturated rings. The van der Waals surface area contributed by atoms with E-state index in [1.54, 1.807) is 18.2 Å². The highest BCUT2D eigenvalue weighted by atomic mass is 19.1. The van der Waals surface area contributed by atoms with Gasteiger partial charge in [0.1, 0.15) is 5.82 Å². The maximum Gasteiger partial charge on any atom is 0.255 e. The summed E-state index contributed by atoms with van der Waals surface area (Å²) in [5.74, 6) is -0.403. The van der Waals surface area contributed by atoms with Crippen molar-refractivity contribution in [2.24, 2.45) is 5.92 Å². The summed E-state index contributed by atoms with van der Waals surface area (Å²) < 4.78 is 19.1. The number of rotatable bonds is 6. The van der Waals surface area contributed by atoms with Crippen molar-refractivity contribution < 1.29 is 18.7 Å². The first-order chi connectivity index (χ1) is 15.5. The monoisotopic (exact) mass is 439 g/mol. The van der Waals surface area contributed by atoms with Crippen molar-refractivity contribution in [3.8, 4) is 0 Å². The molecule has 2 amide bonds. The van der Waals surface area contributed by atoms with Crippen molar-refractivity contribution in [1.82, 2.24) is 5.32 Å². The average molecular weight is 440 g/mol. The lowest BCUT2D eigenvalue weighted by atomic mass is 9.97. The van der Waals surface area contributed by atoms with Gasteiger partial charge in [0.05, 0.1) is 11.7 Å². The number of ether oxygens (including phenoxy) is 1. The topological polar surface area (TPSA) is 70.7 Å². The number of halogens is 1. The van der Waals surface area contributed by atoms with Gasteiger partial charge in [-0.15, -0.1) is 0 Å². The van der Waals surface area contributed by atoms with E-state index in [2.05, 4.69) is 22.5 Å². The van der Waals surface area contributed by atoms with Gasteiger partial charge >= 0.3 is 0 Å². The molecule has 0 radical (unpaired) electrons. The van der Waals surface area contributed by atoms with Gasteiger partial charge in [-0.25, -0.2) is 4.39 Å². The molecule has 2 saturated heterocycles. The summed E-state index contributed by atoms with van der Waals surface area (Å²) in [5, 5.41) is 5.78. The molecule has 170 valence electrons. The first-order valence-electron chi connectivity index (χ1n) is 11.4. The lowest BCUT2D eigenvalue weighted by Crippen LogP contribution is -2.36. The lowest BCUT2D eigenvalue weighted by Gasteiger charge is -2.33. The number of hydrogen-bond acceptors (Lipinski definition) is 4. The molecule has 2 aliphatic heterocycles. The molecule has 1 atom stereocenters. The quantitative estimate of drug-likeness (QED) is 0.707. The van der Waals surface area contributed by atoms with Crippen molar-refractivity contribution in [2.75, 3.05) is 36.5 Å². The molecule has 0 saturated carbocycles. The first kappa shape index (κ1) is 22.3. The Hall–Kier alpha value is -2.93. The fourth-order valence-corrected chi connectivity index (χ4v) is 4.26. The molecule has 7 heteroatoms. The van der Waals surface area contributed by atoms with E-state index in [0.29, 0.717) is 23.7 Å². The normalized spacial score (nSPS) is 19.1. The number of amides is 2. The molecule has 0 aliphatic carbocycles. The van der Waals surface area contributed by atoms with Crippen LogP contribution in [0.4, 0.5) is 15.8 Å². The molecule has 6 nitrogen and oxygen atoms in total. The van der Waals surface area contributed by atoms with E-state index in [4.69, 9.17) is 4.74 Å². The summed E-state index contributed by atoms with van der Waals surface area (Å²) in [7, 11) is 0. The molecule has 0 aromatic heterocycles. The van der Waals surface area contributed by atoms with Crippen molar-refractivity contribution in [3.05, 3.63) is 59.4 Å². The minimum absolute atomic E-state index is 0.0501. The molecule has 2 aromatic rings. The van der Waals surface area contributed by atoms with Crippen LogP contribution in [0, 0.1) is 11.7 Å². The summed E-state index contributed by atoms with van der Waals surface area (Å²) in [4.78, 5) is 27.9. The second-order valence-electron chi connectivity index (χ2n) is 8.71. The number of nitrogens with one attached hydrogen (secondary N) is 2. The highest BCUT2D eigenvalue weighted by molar-refractivity contribution is 6.06. The third kappa shape index (κ3) is 5.46. The van der Waals surface area contributed by atoms with E-state index in [9.17, 15) is 14.0 Å². The van der Waals surface area contributed by atoms with Crippen LogP contribution in [-0.4, -0.2) is 44.2 Å². The predicted octanol–water partition coefficient (Wildman–Crippen LogP) is 4.22. The summed E-state index contributed by atoms with van der Waals surface area (Å²) in [6, 6.07) is 10.9. The zero-order valence-corrected chi connectivity index (χ0v) is 18.4. The van der Waals surface area contributed by atoms with Gasteiger partial charge in [0.15, 0.2) is 0 Å². The first-order valence-corrected chi connectivity index (χ1v) is 11.4. The van der Waals surface area contributed by atoms with Crippen LogP contribution in [0.15, 0.2) is 42.5 Å². The van der Waals surface area contributed by atoms with Crippen molar-refractivity contribution in [1.29, 1.82) is 0 Å². The van der Waals surface area contributed by atoms with Crippen molar-refractivity contribution >= 4 is 23.2 Å². The third-order valence-electron chi connectivity index (χ3n) is 6.22. The molecular weight excluding hydrogens is 409 g/mol. The van der Waals surface area contributed by atoms with E-state index >= 15 is 0 Å². The van der Waals surface area contributed by atoms with Gasteiger partial charge < -0.3 is 20.3 Å². The number of nitrogens with zero attached hydrogens (tertiary/aromatic N) is 1. The van der Waals surface area contributed by atoms with Crippen LogP contribution in [0.3, 0.4) is 0 Å². The minimum Gasteiger partial charge on any atom is -0.376 e. The molecule has 32 heavy (non-hydrogen) atoms. The fourth-order valence-electron chi connectivity index (χ4n) is 4.26. The smallest absolute Gasteiger partial charge is 0.255 e. The molecule has 1 unspecified atom stereocenters. The zero-order chi connectivity index (χ0) is 22.5. The van der Waals surface area contributed by atoms with Crippen LogP contribution in [-0.2, 0) is 4.74 Å². The molecule has 4 rings (SSSR count). The van der Waals surface area contributed by atoms with E-state index in [1.165, 1.54) is 18.2 Å². The Morgan fingerprint density at radius 2 is 1.91 bits per heavy atom. The summed E-state index contributed by atoms with van der Waals surface area (Å²) in [6.07, 6.45) is 4.17. The van der Waals surface area contributed by atoms with Crippen LogP contribution in [0.2, 0.25) is 0 Å². The molecule has 2 aromatic carbocycles. The van der Waals surface area contributed by atoms with Crippen LogP contribution in [0.5, 0.6) is 0 Å². The van der Waals surface area contributed by atoms with Gasteiger partial charge in [-0.3, -0.25) is 9.59 Å². The van der Waals surface area contributed by atoms with Gasteiger partial charge in [-0.1, -0.05) is 13.0 Å². The maximum absolute atomic E-state index is 13.5. The standard InChI is InChI=1S/C25H30FN3O3/c1-17-9-11-29(12-10-17)23-8-7-20(28-24(30)18-4-2-5-19(26)14-18)15-22(23)25(31)27-16-21-6-3-13-32-21/h2,4-5,7-8,14-15,17,21H,3,6,9-13,16H2,1H3,(H,27,31)(H,28,30). The van der Waals surface area contributed by atoms with Crippen LogP contribution in [0.1, 0.15) is 53.3 Å². The third-order valence-corrected chi connectivity index (χ3v) is 6.22. The molecule has 2 aliphatic rings. The molecule has 2 N–H and O–H groups in total. The Bertz CT molecular complexity index is 967. The molecular formula is C25H30FN3O3. The number of benzene rings is 2. The zero-order valence-electron chi connectivity index (χ0n) is 18.4. The second-order valence-corrected chi connectivity index (χ2v) is 8.71. The number of hydrogen-bond donors (Lipinski definition) is 2. The second kappa shape index (κ2) is 10.1. The van der Waals surface area contributed by atoms with Crippen molar-refractivity contribution in [3.63, 3.8) is 0 Å². The predicted molar refractivity (Wildman–Crippen MR) is 123 cm³/mol. The highest BCUT2D eigenvalue weighted by Crippen LogP contribution is 2.29. The van der Waals surface area contributed by atoms with Crippen molar-refractivity contribution in [2.45, 2.75) is 38.7 Å². The number of piperidine rings is 1. The van der Waals surface area contributed by atoms with Gasteiger partial charge in [-0.2, -0.15) is 0 Å². The molecule has 0 spiro atoms. The summed E-state index contributed by atoms with van der Waals surface area (Å²) in [6.45, 7) is 5.23. The number of carbonyl (C=O) groups excluding carboxylic acids is 2. The Kier molecular flexibility index (Phi) is 7.05. The number of carbonyl (C=O) groups is 2. The Morgan fingerprint density at radius 3 is 2.62 bits per heavy atom. The van der Waals surface area contributed by atoms with Crippen LogP contribution >= 0.6 is 0 Å². The summed E-state index contributed by atoms with van der Waals surface area (Å²) in [5.41, 5.74) is 2.11. The molecule has 0 bridgehead atoms. The Balaban J connectivity index is 1.54. The highest BCUT2D eigenvalue weighted by Gasteiger charge is 2.23. The molecule has 2 heterocycles. The van der Waals surface area contributed by atoms with Crippen LogP contribution < -0.4 is 15.5 Å². The number of anilines is 2. The van der Waals surface area contributed by atoms with Crippen LogP contribution in [0.25, 0.3) is 0 Å². The van der Waals surface area contributed by atoms with E-state index < -0.39 is 11.7 Å². The minimum atomic E-state index is -0.471. The van der Waals surface area contributed by atoms with E-state index in [1.807, 2.05) is 6.07 Å². The fraction of sp³-hybridized carbons (Fsp3) is 0.440. The van der Waals surface area contributed by atoms with E-state index in [0.717, 1.165) is 51.1 Å². The van der Waals surface area contributed by atoms with E-state index in [-0.39, 0.29) is 17.6 Å². The van der Waals surface area contributed by atoms with Gasteiger partial charge in [0, 0.05) is 43.2 Å². The van der Waals surface area contributed by atoms with Gasteiger partial charge in [0.2, 0.25) is 0 Å². The van der Waals surface area contributed by atoms with Gasteiger partial charge in [0.25, 0.3) is 11.8 Å². The average Bonchev–Trinajstić information content (AvgIpc) is 3.32. The Morgan fingerprint density at radius 1 is 1.09 bits per heavy atom. The lowest BCUT2D eigenvalue weighted by molar-refractivity contribution is 0.0858. The summed E-state index contributed by atoms with van der Waals surface area (Å²) >= 11 is 0. The largest absolute Gasteiger partial charge is 0.376 e. The SMILES string of the molecule is CC1CCN(c2ccc(NC(=O)c3cccc(F)c3)cc2C(=O)NCC2CCCO2)CC1. The Labute approximate surface area is 188 Å². The van der Waals surface area contributed by atoms with Gasteiger partial charge in [-0.05, 0) is 68.0 Å².